The van der Waals surface area contributed by atoms with Gasteiger partial charge in [-0.25, -0.2) is 0 Å². The number of nitriles is 1. The summed E-state index contributed by atoms with van der Waals surface area (Å²) in [6.07, 6.45) is 2.21. The van der Waals surface area contributed by atoms with Crippen LogP contribution in [0.4, 0.5) is 5.13 Å². The molecule has 8 heteroatoms. The summed E-state index contributed by atoms with van der Waals surface area (Å²) in [5.41, 5.74) is -0.861. The number of carbonyl (C=O) groups is 1. The fourth-order valence-corrected chi connectivity index (χ4v) is 3.49. The van der Waals surface area contributed by atoms with Crippen molar-refractivity contribution in [3.8, 4) is 6.07 Å². The minimum absolute atomic E-state index is 0.0320. The van der Waals surface area contributed by atoms with Gasteiger partial charge in [0.25, 0.3) is 0 Å². The summed E-state index contributed by atoms with van der Waals surface area (Å²) in [6.45, 7) is 10.4. The Hall–Kier alpha value is -1.33. The molecule has 1 aromatic rings. The number of hydrogen-bond acceptors (Lipinski definition) is 7. The highest BCUT2D eigenvalue weighted by Gasteiger charge is 2.32. The van der Waals surface area contributed by atoms with E-state index in [2.05, 4.69) is 33.8 Å². The minimum atomic E-state index is -0.861. The second-order valence-electron chi connectivity index (χ2n) is 5.87. The van der Waals surface area contributed by atoms with Gasteiger partial charge in [-0.15, -0.1) is 10.2 Å². The van der Waals surface area contributed by atoms with Crippen LogP contribution in [0.3, 0.4) is 0 Å². The molecule has 0 saturated heterocycles. The van der Waals surface area contributed by atoms with Crippen LogP contribution in [0.1, 0.15) is 47.5 Å². The lowest BCUT2D eigenvalue weighted by Crippen LogP contribution is -2.51. The number of thioether (sulfide) groups is 1. The predicted molar refractivity (Wildman–Crippen MR) is 95.6 cm³/mol. The smallest absolute Gasteiger partial charge is 0.234 e. The van der Waals surface area contributed by atoms with Crippen LogP contribution in [-0.2, 0) is 4.79 Å². The number of rotatable bonds is 9. The van der Waals surface area contributed by atoms with Gasteiger partial charge in [-0.1, -0.05) is 50.3 Å². The Morgan fingerprint density at radius 3 is 2.70 bits per heavy atom. The summed E-state index contributed by atoms with van der Waals surface area (Å²) >= 11 is 2.80. The molecule has 0 aromatic carbocycles. The largest absolute Gasteiger partial charge is 0.360 e. The first kappa shape index (κ1) is 19.7. The van der Waals surface area contributed by atoms with Gasteiger partial charge in [0.1, 0.15) is 5.54 Å². The van der Waals surface area contributed by atoms with E-state index in [1.54, 1.807) is 6.92 Å². The summed E-state index contributed by atoms with van der Waals surface area (Å²) in [5, 5.41) is 23.9. The van der Waals surface area contributed by atoms with Gasteiger partial charge in [0.15, 0.2) is 4.34 Å². The fourth-order valence-electron chi connectivity index (χ4n) is 1.56. The van der Waals surface area contributed by atoms with Crippen molar-refractivity contribution in [3.63, 3.8) is 0 Å². The van der Waals surface area contributed by atoms with Gasteiger partial charge in [-0.05, 0) is 26.2 Å². The molecule has 0 saturated carbocycles. The van der Waals surface area contributed by atoms with Gasteiger partial charge in [0, 0.05) is 6.54 Å². The van der Waals surface area contributed by atoms with Gasteiger partial charge in [0.2, 0.25) is 11.0 Å². The lowest BCUT2D eigenvalue weighted by molar-refractivity contribution is -0.121. The van der Waals surface area contributed by atoms with E-state index >= 15 is 0 Å². The Morgan fingerprint density at radius 2 is 2.13 bits per heavy atom. The number of amides is 1. The van der Waals surface area contributed by atoms with Crippen molar-refractivity contribution in [2.75, 3.05) is 11.9 Å². The first-order chi connectivity index (χ1) is 10.8. The van der Waals surface area contributed by atoms with Gasteiger partial charge in [-0.2, -0.15) is 5.26 Å². The van der Waals surface area contributed by atoms with E-state index in [9.17, 15) is 10.1 Å². The summed E-state index contributed by atoms with van der Waals surface area (Å²) in [6, 6.07) is 2.18. The zero-order valence-corrected chi connectivity index (χ0v) is 16.0. The standard InChI is InChI=1S/C15H25N5OS2/c1-6-7-8-17-13-19-20-14(23-13)22-11(4)12(21)18-15(5,9-16)10(2)3/h10-11H,6-8H2,1-5H3,(H,17,19)(H,18,21). The molecule has 2 N–H and O–H groups in total. The maximum atomic E-state index is 12.3. The topological polar surface area (TPSA) is 90.7 Å². The molecule has 1 rings (SSSR count). The number of unbranched alkanes of at least 4 members (excludes halogenated alkanes) is 1. The number of carbonyl (C=O) groups excluding carboxylic acids is 1. The number of nitrogens with one attached hydrogen (secondary N) is 2. The highest BCUT2D eigenvalue weighted by molar-refractivity contribution is 8.02. The van der Waals surface area contributed by atoms with Crippen molar-refractivity contribution < 1.29 is 4.79 Å². The van der Waals surface area contributed by atoms with Crippen molar-refractivity contribution in [3.05, 3.63) is 0 Å². The van der Waals surface area contributed by atoms with Crippen molar-refractivity contribution in [1.82, 2.24) is 15.5 Å². The van der Waals surface area contributed by atoms with E-state index in [0.29, 0.717) is 0 Å². The number of aromatic nitrogens is 2. The zero-order chi connectivity index (χ0) is 17.5. The molecule has 23 heavy (non-hydrogen) atoms. The third kappa shape index (κ3) is 5.99. The lowest BCUT2D eigenvalue weighted by Gasteiger charge is -2.28. The van der Waals surface area contributed by atoms with Crippen molar-refractivity contribution in [2.45, 2.75) is 62.6 Å². The molecule has 1 heterocycles. The lowest BCUT2D eigenvalue weighted by atomic mass is 9.90. The summed E-state index contributed by atoms with van der Waals surface area (Å²) in [4.78, 5) is 12.3. The average molecular weight is 356 g/mol. The molecular formula is C15H25N5OS2. The van der Waals surface area contributed by atoms with Gasteiger partial charge in [-0.3, -0.25) is 4.79 Å². The molecule has 2 atom stereocenters. The van der Waals surface area contributed by atoms with Gasteiger partial charge >= 0.3 is 0 Å². The number of nitrogens with zero attached hydrogens (tertiary/aromatic N) is 3. The molecule has 0 fully saturated rings. The van der Waals surface area contributed by atoms with Crippen molar-refractivity contribution in [1.29, 1.82) is 5.26 Å². The van der Waals surface area contributed by atoms with E-state index in [4.69, 9.17) is 0 Å². The SMILES string of the molecule is CCCCNc1nnc(SC(C)C(=O)NC(C)(C#N)C(C)C)s1. The molecule has 0 aliphatic heterocycles. The average Bonchev–Trinajstić information content (AvgIpc) is 2.94. The van der Waals surface area contributed by atoms with Crippen LogP contribution < -0.4 is 10.6 Å². The fraction of sp³-hybridized carbons (Fsp3) is 0.733. The van der Waals surface area contributed by atoms with E-state index in [1.807, 2.05) is 20.8 Å². The second-order valence-corrected chi connectivity index (χ2v) is 8.44. The third-order valence-corrected chi connectivity index (χ3v) is 5.69. The van der Waals surface area contributed by atoms with E-state index in [0.717, 1.165) is 28.9 Å². The van der Waals surface area contributed by atoms with Crippen LogP contribution in [0.25, 0.3) is 0 Å². The van der Waals surface area contributed by atoms with Crippen molar-refractivity contribution >= 4 is 34.1 Å². The summed E-state index contributed by atoms with van der Waals surface area (Å²) in [5.74, 6) is -0.131. The molecule has 0 spiro atoms. The van der Waals surface area contributed by atoms with Crippen LogP contribution >= 0.6 is 23.1 Å². The van der Waals surface area contributed by atoms with Crippen LogP contribution in [-0.4, -0.2) is 33.4 Å². The van der Waals surface area contributed by atoms with Crippen LogP contribution in [0, 0.1) is 17.2 Å². The van der Waals surface area contributed by atoms with Crippen molar-refractivity contribution in [2.24, 2.45) is 5.92 Å². The van der Waals surface area contributed by atoms with Crippen LogP contribution in [0.2, 0.25) is 0 Å². The molecule has 2 unspecified atom stereocenters. The molecule has 6 nitrogen and oxygen atoms in total. The molecule has 1 amide bonds. The van der Waals surface area contributed by atoms with E-state index in [-0.39, 0.29) is 17.1 Å². The molecule has 0 bridgehead atoms. The quantitative estimate of drug-likeness (QED) is 0.522. The van der Waals surface area contributed by atoms with E-state index < -0.39 is 5.54 Å². The predicted octanol–water partition coefficient (Wildman–Crippen LogP) is 3.29. The molecule has 0 radical (unpaired) electrons. The van der Waals surface area contributed by atoms with Crippen LogP contribution in [0.15, 0.2) is 4.34 Å². The number of anilines is 1. The Kier molecular flexibility index (Phi) is 7.79. The minimum Gasteiger partial charge on any atom is -0.360 e. The number of hydrogen-bond donors (Lipinski definition) is 2. The van der Waals surface area contributed by atoms with Crippen LogP contribution in [0.5, 0.6) is 0 Å². The molecule has 0 aliphatic rings. The maximum absolute atomic E-state index is 12.3. The Labute approximate surface area is 146 Å². The maximum Gasteiger partial charge on any atom is 0.234 e. The van der Waals surface area contributed by atoms with Gasteiger partial charge in [0.05, 0.1) is 11.3 Å². The highest BCUT2D eigenvalue weighted by atomic mass is 32.2. The molecule has 1 aromatic heterocycles. The zero-order valence-electron chi connectivity index (χ0n) is 14.3. The Balaban J connectivity index is 2.57. The monoisotopic (exact) mass is 355 g/mol. The molecule has 0 aliphatic carbocycles. The Morgan fingerprint density at radius 1 is 1.43 bits per heavy atom. The summed E-state index contributed by atoms with van der Waals surface area (Å²) < 4.78 is 0.745. The third-order valence-electron chi connectivity index (χ3n) is 3.63. The summed E-state index contributed by atoms with van der Waals surface area (Å²) in [7, 11) is 0. The first-order valence-electron chi connectivity index (χ1n) is 7.79. The van der Waals surface area contributed by atoms with E-state index in [1.165, 1.54) is 23.1 Å². The highest BCUT2D eigenvalue weighted by Crippen LogP contribution is 2.29. The first-order valence-corrected chi connectivity index (χ1v) is 9.49. The molecular weight excluding hydrogens is 330 g/mol. The normalized spacial score (nSPS) is 14.8. The second kappa shape index (κ2) is 9.08. The Bertz CT molecular complexity index is 554. The van der Waals surface area contributed by atoms with Gasteiger partial charge < -0.3 is 10.6 Å². The molecule has 128 valence electrons.